The molecule has 5 atom stereocenters. The van der Waals surface area contributed by atoms with Gasteiger partial charge in [-0.05, 0) is 60.5 Å². The van der Waals surface area contributed by atoms with Crippen molar-refractivity contribution in [3.8, 4) is 0 Å². The molecule has 2 fully saturated rings. The zero-order valence-corrected chi connectivity index (χ0v) is 14.1. The lowest BCUT2D eigenvalue weighted by atomic mass is 9.65. The van der Waals surface area contributed by atoms with Gasteiger partial charge in [0.25, 0.3) is 0 Å². The Hall–Kier alpha value is -1.51. The third-order valence-corrected chi connectivity index (χ3v) is 6.95. The standard InChI is InChI=1S/C20H27NO2/c1-3-11(4-2)18-17-13-9-8-12(10-13)16(17)14-6-5-7-15(20(22)23)19(14)21-18/h5-7,11-13,16-18,21H,3-4,8-10H2,1-2H3,(H,22,23)/t12-,13+,16+,17-,18+/m0/s1. The highest BCUT2D eigenvalue weighted by Gasteiger charge is 2.54. The van der Waals surface area contributed by atoms with Crippen LogP contribution in [0.2, 0.25) is 0 Å². The van der Waals surface area contributed by atoms with Gasteiger partial charge in [0.05, 0.1) is 11.3 Å². The van der Waals surface area contributed by atoms with Crippen LogP contribution in [0.3, 0.4) is 0 Å². The van der Waals surface area contributed by atoms with Crippen LogP contribution in [0.4, 0.5) is 5.69 Å². The molecule has 0 radical (unpaired) electrons. The monoisotopic (exact) mass is 313 g/mol. The van der Waals surface area contributed by atoms with Gasteiger partial charge in [0.2, 0.25) is 0 Å². The van der Waals surface area contributed by atoms with Crippen molar-refractivity contribution in [2.24, 2.45) is 23.7 Å². The Labute approximate surface area is 138 Å². The first-order valence-corrected chi connectivity index (χ1v) is 9.28. The Bertz CT molecular complexity index is 622. The number of hydrogen-bond donors (Lipinski definition) is 2. The lowest BCUT2D eigenvalue weighted by molar-refractivity contribution is 0.0697. The maximum Gasteiger partial charge on any atom is 0.337 e. The van der Waals surface area contributed by atoms with E-state index < -0.39 is 5.97 Å². The number of carboxylic acids is 1. The first kappa shape index (κ1) is 15.0. The number of carboxylic acid groups (broad SMARTS) is 1. The number of carbonyl (C=O) groups is 1. The number of para-hydroxylation sites is 1. The fourth-order valence-corrected chi connectivity index (χ4v) is 5.99. The van der Waals surface area contributed by atoms with Crippen molar-refractivity contribution in [2.45, 2.75) is 57.9 Å². The minimum atomic E-state index is -0.806. The van der Waals surface area contributed by atoms with Crippen LogP contribution in [0.5, 0.6) is 0 Å². The molecule has 23 heavy (non-hydrogen) atoms. The SMILES string of the molecule is CCC(CC)[C@H]1Nc2c(C(=O)O)cccc2[C@H]2[C@H]3CC[C@H](C3)[C@@H]21. The average Bonchev–Trinajstić information content (AvgIpc) is 3.17. The van der Waals surface area contributed by atoms with E-state index in [1.165, 1.54) is 37.7 Å². The molecule has 1 aromatic rings. The maximum absolute atomic E-state index is 11.7. The van der Waals surface area contributed by atoms with E-state index in [4.69, 9.17) is 0 Å². The lowest BCUT2D eigenvalue weighted by Gasteiger charge is -2.46. The second-order valence-electron chi connectivity index (χ2n) is 7.76. The van der Waals surface area contributed by atoms with Crippen LogP contribution >= 0.6 is 0 Å². The molecular weight excluding hydrogens is 286 g/mol. The first-order chi connectivity index (χ1) is 11.2. The van der Waals surface area contributed by atoms with Crippen molar-refractivity contribution in [3.05, 3.63) is 29.3 Å². The summed E-state index contributed by atoms with van der Waals surface area (Å²) in [6, 6.07) is 6.31. The quantitative estimate of drug-likeness (QED) is 0.843. The van der Waals surface area contributed by atoms with Gasteiger partial charge in [-0.1, -0.05) is 38.8 Å². The lowest BCUT2D eigenvalue weighted by Crippen LogP contribution is -2.45. The van der Waals surface area contributed by atoms with Gasteiger partial charge in [-0.3, -0.25) is 0 Å². The zero-order valence-electron chi connectivity index (χ0n) is 14.1. The van der Waals surface area contributed by atoms with Gasteiger partial charge >= 0.3 is 5.97 Å². The fraction of sp³-hybridized carbons (Fsp3) is 0.650. The molecule has 0 spiro atoms. The van der Waals surface area contributed by atoms with Crippen molar-refractivity contribution in [1.82, 2.24) is 0 Å². The molecular formula is C20H27NO2. The molecule has 124 valence electrons. The molecule has 1 heterocycles. The number of aromatic carboxylic acids is 1. The second-order valence-corrected chi connectivity index (χ2v) is 7.76. The van der Waals surface area contributed by atoms with E-state index in [1.807, 2.05) is 6.07 Å². The van der Waals surface area contributed by atoms with Gasteiger partial charge in [0, 0.05) is 6.04 Å². The number of nitrogens with one attached hydrogen (secondary N) is 1. The van der Waals surface area contributed by atoms with E-state index in [1.54, 1.807) is 6.07 Å². The summed E-state index contributed by atoms with van der Waals surface area (Å²) >= 11 is 0. The van der Waals surface area contributed by atoms with E-state index in [2.05, 4.69) is 25.2 Å². The van der Waals surface area contributed by atoms with Crippen molar-refractivity contribution in [2.75, 3.05) is 5.32 Å². The smallest absolute Gasteiger partial charge is 0.337 e. The summed E-state index contributed by atoms with van der Waals surface area (Å²) in [5, 5.41) is 13.3. The van der Waals surface area contributed by atoms with Crippen LogP contribution in [-0.4, -0.2) is 17.1 Å². The molecule has 0 amide bonds. The number of rotatable bonds is 4. The molecule has 2 bridgehead atoms. The van der Waals surface area contributed by atoms with Gasteiger partial charge in [-0.25, -0.2) is 4.79 Å². The van der Waals surface area contributed by atoms with Crippen molar-refractivity contribution >= 4 is 11.7 Å². The molecule has 4 rings (SSSR count). The predicted molar refractivity (Wildman–Crippen MR) is 91.9 cm³/mol. The highest BCUT2D eigenvalue weighted by molar-refractivity contribution is 5.95. The largest absolute Gasteiger partial charge is 0.478 e. The van der Waals surface area contributed by atoms with Crippen LogP contribution < -0.4 is 5.32 Å². The maximum atomic E-state index is 11.7. The average molecular weight is 313 g/mol. The van der Waals surface area contributed by atoms with Crippen LogP contribution in [0.1, 0.15) is 67.8 Å². The van der Waals surface area contributed by atoms with Gasteiger partial charge < -0.3 is 10.4 Å². The molecule has 2 N–H and O–H groups in total. The molecule has 2 saturated carbocycles. The number of fused-ring (bicyclic) bond motifs is 7. The summed E-state index contributed by atoms with van der Waals surface area (Å²) in [4.78, 5) is 11.7. The van der Waals surface area contributed by atoms with Crippen molar-refractivity contribution < 1.29 is 9.90 Å². The number of anilines is 1. The van der Waals surface area contributed by atoms with Crippen LogP contribution in [0, 0.1) is 23.7 Å². The van der Waals surface area contributed by atoms with Crippen molar-refractivity contribution in [3.63, 3.8) is 0 Å². The van der Waals surface area contributed by atoms with E-state index in [0.29, 0.717) is 29.4 Å². The van der Waals surface area contributed by atoms with Crippen LogP contribution in [-0.2, 0) is 0 Å². The molecule has 0 unspecified atom stereocenters. The summed E-state index contributed by atoms with van der Waals surface area (Å²) in [6.45, 7) is 4.55. The summed E-state index contributed by atoms with van der Waals surface area (Å²) in [7, 11) is 0. The summed E-state index contributed by atoms with van der Waals surface area (Å²) in [5.74, 6) is 2.72. The Morgan fingerprint density at radius 2 is 2.00 bits per heavy atom. The highest BCUT2D eigenvalue weighted by Crippen LogP contribution is 2.62. The Kier molecular flexibility index (Phi) is 3.62. The molecule has 3 heteroatoms. The Morgan fingerprint density at radius 1 is 1.26 bits per heavy atom. The Morgan fingerprint density at radius 3 is 2.70 bits per heavy atom. The molecule has 1 aromatic carbocycles. The minimum absolute atomic E-state index is 0.443. The van der Waals surface area contributed by atoms with E-state index >= 15 is 0 Å². The third-order valence-electron chi connectivity index (χ3n) is 6.95. The summed E-state index contributed by atoms with van der Waals surface area (Å²) in [6.07, 6.45) is 6.39. The van der Waals surface area contributed by atoms with E-state index in [9.17, 15) is 9.90 Å². The molecule has 3 nitrogen and oxygen atoms in total. The third kappa shape index (κ3) is 2.12. The van der Waals surface area contributed by atoms with E-state index in [-0.39, 0.29) is 0 Å². The number of hydrogen-bond acceptors (Lipinski definition) is 2. The summed E-state index contributed by atoms with van der Waals surface area (Å²) < 4.78 is 0. The molecule has 0 saturated heterocycles. The topological polar surface area (TPSA) is 49.3 Å². The van der Waals surface area contributed by atoms with Gasteiger partial charge in [0.1, 0.15) is 0 Å². The zero-order chi connectivity index (χ0) is 16.1. The fourth-order valence-electron chi connectivity index (χ4n) is 5.99. The molecule has 3 aliphatic rings. The highest BCUT2D eigenvalue weighted by atomic mass is 16.4. The minimum Gasteiger partial charge on any atom is -0.478 e. The van der Waals surface area contributed by atoms with Gasteiger partial charge in [0.15, 0.2) is 0 Å². The van der Waals surface area contributed by atoms with E-state index in [0.717, 1.165) is 17.5 Å². The Balaban J connectivity index is 1.83. The van der Waals surface area contributed by atoms with Crippen LogP contribution in [0.15, 0.2) is 18.2 Å². The normalized spacial score (nSPS) is 34.1. The molecule has 0 aromatic heterocycles. The second kappa shape index (κ2) is 5.54. The molecule has 2 aliphatic carbocycles. The van der Waals surface area contributed by atoms with Crippen molar-refractivity contribution in [1.29, 1.82) is 0 Å². The predicted octanol–water partition coefficient (Wildman–Crippen LogP) is 4.74. The first-order valence-electron chi connectivity index (χ1n) is 9.28. The van der Waals surface area contributed by atoms with Crippen LogP contribution in [0.25, 0.3) is 0 Å². The number of benzene rings is 1. The van der Waals surface area contributed by atoms with Gasteiger partial charge in [-0.2, -0.15) is 0 Å². The van der Waals surface area contributed by atoms with Gasteiger partial charge in [-0.15, -0.1) is 0 Å². The molecule has 1 aliphatic heterocycles. The summed E-state index contributed by atoms with van der Waals surface area (Å²) in [5.41, 5.74) is 2.66.